The Kier molecular flexibility index (Phi) is 7.12. The first kappa shape index (κ1) is 18.4. The molecule has 0 amide bonds. The van der Waals surface area contributed by atoms with Crippen molar-refractivity contribution in [1.29, 1.82) is 0 Å². The molecule has 0 aromatic heterocycles. The van der Waals surface area contributed by atoms with Crippen LogP contribution in [0.1, 0.15) is 27.2 Å². The van der Waals surface area contributed by atoms with E-state index in [1.54, 1.807) is 0 Å². The Balaban J connectivity index is 3.08. The van der Waals surface area contributed by atoms with Crippen molar-refractivity contribution in [2.75, 3.05) is 5.33 Å². The molecule has 8 heteroatoms. The lowest BCUT2D eigenvalue weighted by Gasteiger charge is -2.42. The normalized spacial score (nSPS) is 32.1. The van der Waals surface area contributed by atoms with Crippen LogP contribution >= 0.6 is 31.9 Å². The topological polar surface area (TPSA) is 78.9 Å². The Morgan fingerprint density at radius 2 is 1.33 bits per heavy atom. The predicted octanol–water partition coefficient (Wildman–Crippen LogP) is 1.96. The van der Waals surface area contributed by atoms with Gasteiger partial charge in [-0.3, -0.25) is 14.4 Å². The molecule has 1 rings (SSSR count). The maximum absolute atomic E-state index is 11.3. The fourth-order valence-corrected chi connectivity index (χ4v) is 3.90. The summed E-state index contributed by atoms with van der Waals surface area (Å²) in [5.41, 5.74) is 0. The zero-order chi connectivity index (χ0) is 16.2. The molecule has 0 saturated heterocycles. The minimum absolute atomic E-state index is 0.0607. The van der Waals surface area contributed by atoms with Crippen molar-refractivity contribution >= 4 is 49.8 Å². The Morgan fingerprint density at radius 3 is 1.76 bits per heavy atom. The SMILES string of the molecule is CC(=O)O[C@H]1[C@H](OC(C)=O)[C@@H](CBr)C[C@@H](Br)[C@@H]1OC(C)=O. The smallest absolute Gasteiger partial charge is 0.303 e. The molecular formula is C13H18Br2O6. The summed E-state index contributed by atoms with van der Waals surface area (Å²) in [5.74, 6) is -1.54. The van der Waals surface area contributed by atoms with Crippen LogP contribution in [0, 0.1) is 5.92 Å². The molecule has 1 aliphatic carbocycles. The largest absolute Gasteiger partial charge is 0.458 e. The third-order valence-electron chi connectivity index (χ3n) is 3.10. The number of hydrogen-bond acceptors (Lipinski definition) is 6. The van der Waals surface area contributed by atoms with Crippen molar-refractivity contribution in [1.82, 2.24) is 0 Å². The van der Waals surface area contributed by atoms with Gasteiger partial charge in [0.15, 0.2) is 12.2 Å². The highest BCUT2D eigenvalue weighted by atomic mass is 79.9. The van der Waals surface area contributed by atoms with Gasteiger partial charge in [-0.05, 0) is 6.42 Å². The molecule has 6 nitrogen and oxygen atoms in total. The summed E-state index contributed by atoms with van der Waals surface area (Å²) >= 11 is 6.83. The highest BCUT2D eigenvalue weighted by Crippen LogP contribution is 2.36. The van der Waals surface area contributed by atoms with Gasteiger partial charge in [0.1, 0.15) is 6.10 Å². The summed E-state index contributed by atoms with van der Waals surface area (Å²) in [4.78, 5) is 33.7. The second kappa shape index (κ2) is 8.12. The van der Waals surface area contributed by atoms with Gasteiger partial charge in [-0.15, -0.1) is 0 Å². The van der Waals surface area contributed by atoms with Crippen molar-refractivity contribution in [3.05, 3.63) is 0 Å². The summed E-state index contributed by atoms with van der Waals surface area (Å²) in [6.45, 7) is 3.83. The number of esters is 3. The first-order valence-electron chi connectivity index (χ1n) is 6.48. The lowest BCUT2D eigenvalue weighted by atomic mass is 9.83. The lowest BCUT2D eigenvalue weighted by molar-refractivity contribution is -0.193. The minimum Gasteiger partial charge on any atom is -0.458 e. The monoisotopic (exact) mass is 428 g/mol. The standard InChI is InChI=1S/C13H18Br2O6/c1-6(16)19-11-9(5-14)4-10(15)12(20-7(2)17)13(11)21-8(3)18/h9-13H,4-5H2,1-3H3/t9-,10-,11-,12+,13+/m1/s1. The van der Waals surface area contributed by atoms with Gasteiger partial charge in [0, 0.05) is 32.0 Å². The molecule has 0 spiro atoms. The van der Waals surface area contributed by atoms with E-state index < -0.39 is 36.2 Å². The summed E-state index contributed by atoms with van der Waals surface area (Å²) in [5, 5.41) is 0.567. The number of ether oxygens (including phenoxy) is 3. The number of halogens is 2. The van der Waals surface area contributed by atoms with Crippen LogP contribution in [0.25, 0.3) is 0 Å². The third kappa shape index (κ3) is 5.25. The van der Waals surface area contributed by atoms with Crippen LogP contribution in [0.3, 0.4) is 0 Å². The predicted molar refractivity (Wildman–Crippen MR) is 81.3 cm³/mol. The molecule has 5 atom stereocenters. The van der Waals surface area contributed by atoms with Gasteiger partial charge in [-0.1, -0.05) is 31.9 Å². The fraction of sp³-hybridized carbons (Fsp3) is 0.769. The van der Waals surface area contributed by atoms with Crippen LogP contribution in [0.4, 0.5) is 0 Å². The van der Waals surface area contributed by atoms with Crippen molar-refractivity contribution in [3.8, 4) is 0 Å². The van der Waals surface area contributed by atoms with Crippen LogP contribution in [0.2, 0.25) is 0 Å². The maximum atomic E-state index is 11.3. The molecule has 0 N–H and O–H groups in total. The Labute approximate surface area is 140 Å². The molecule has 1 aliphatic rings. The third-order valence-corrected chi connectivity index (χ3v) is 4.83. The molecule has 0 aromatic carbocycles. The zero-order valence-corrected chi connectivity index (χ0v) is 15.2. The number of rotatable bonds is 4. The summed E-state index contributed by atoms with van der Waals surface area (Å²) in [6, 6.07) is 0. The van der Waals surface area contributed by atoms with Gasteiger partial charge >= 0.3 is 17.9 Å². The van der Waals surface area contributed by atoms with E-state index in [0.29, 0.717) is 11.8 Å². The number of alkyl halides is 2. The second-order valence-electron chi connectivity index (χ2n) is 4.89. The van der Waals surface area contributed by atoms with Crippen LogP contribution < -0.4 is 0 Å². The molecule has 21 heavy (non-hydrogen) atoms. The average Bonchev–Trinajstić information content (AvgIpc) is 2.35. The van der Waals surface area contributed by atoms with Gasteiger partial charge in [0.2, 0.25) is 0 Å². The van der Waals surface area contributed by atoms with E-state index in [-0.39, 0.29) is 10.7 Å². The second-order valence-corrected chi connectivity index (χ2v) is 6.71. The molecule has 0 heterocycles. The van der Waals surface area contributed by atoms with E-state index in [1.807, 2.05) is 0 Å². The van der Waals surface area contributed by atoms with Gasteiger partial charge in [0.25, 0.3) is 0 Å². The van der Waals surface area contributed by atoms with Crippen molar-refractivity contribution < 1.29 is 28.6 Å². The van der Waals surface area contributed by atoms with E-state index in [1.165, 1.54) is 20.8 Å². The first-order chi connectivity index (χ1) is 9.76. The number of carbonyl (C=O) groups excluding carboxylic acids is 3. The highest BCUT2D eigenvalue weighted by Gasteiger charge is 2.49. The Hall–Kier alpha value is -0.630. The highest BCUT2D eigenvalue weighted by molar-refractivity contribution is 9.09. The minimum atomic E-state index is -0.837. The molecule has 0 bridgehead atoms. The van der Waals surface area contributed by atoms with E-state index in [2.05, 4.69) is 31.9 Å². The zero-order valence-electron chi connectivity index (χ0n) is 12.0. The van der Waals surface area contributed by atoms with Crippen LogP contribution in [0.15, 0.2) is 0 Å². The maximum Gasteiger partial charge on any atom is 0.303 e. The Bertz CT molecular complexity index is 413. The summed E-state index contributed by atoms with van der Waals surface area (Å²) < 4.78 is 15.8. The van der Waals surface area contributed by atoms with Gasteiger partial charge in [-0.25, -0.2) is 0 Å². The molecule has 0 unspecified atom stereocenters. The van der Waals surface area contributed by atoms with Crippen molar-refractivity contribution in [2.45, 2.75) is 50.3 Å². The molecule has 0 aromatic rings. The van der Waals surface area contributed by atoms with Crippen molar-refractivity contribution in [2.24, 2.45) is 5.92 Å². The molecule has 0 radical (unpaired) electrons. The average molecular weight is 430 g/mol. The first-order valence-corrected chi connectivity index (χ1v) is 8.51. The van der Waals surface area contributed by atoms with Crippen molar-refractivity contribution in [3.63, 3.8) is 0 Å². The van der Waals surface area contributed by atoms with Crippen LogP contribution in [-0.4, -0.2) is 46.4 Å². The molecule has 1 saturated carbocycles. The number of hydrogen-bond donors (Lipinski definition) is 0. The van der Waals surface area contributed by atoms with Gasteiger partial charge in [-0.2, -0.15) is 0 Å². The van der Waals surface area contributed by atoms with Gasteiger partial charge in [0.05, 0.1) is 4.83 Å². The van der Waals surface area contributed by atoms with Gasteiger partial charge < -0.3 is 14.2 Å². The van der Waals surface area contributed by atoms with Crippen LogP contribution in [-0.2, 0) is 28.6 Å². The van der Waals surface area contributed by atoms with E-state index in [4.69, 9.17) is 14.2 Å². The van der Waals surface area contributed by atoms with E-state index in [9.17, 15) is 14.4 Å². The molecule has 120 valence electrons. The fourth-order valence-electron chi connectivity index (χ4n) is 2.38. The lowest BCUT2D eigenvalue weighted by Crippen LogP contribution is -2.56. The molecular weight excluding hydrogens is 412 g/mol. The molecule has 1 fully saturated rings. The Morgan fingerprint density at radius 1 is 0.905 bits per heavy atom. The van der Waals surface area contributed by atoms with E-state index >= 15 is 0 Å². The number of carbonyl (C=O) groups is 3. The summed E-state index contributed by atoms with van der Waals surface area (Å²) in [7, 11) is 0. The summed E-state index contributed by atoms with van der Waals surface area (Å²) in [6.07, 6.45) is -1.59. The van der Waals surface area contributed by atoms with Crippen LogP contribution in [0.5, 0.6) is 0 Å². The molecule has 0 aliphatic heterocycles. The van der Waals surface area contributed by atoms with E-state index in [0.717, 1.165) is 0 Å². The quantitative estimate of drug-likeness (QED) is 0.386.